The standard InChI is InChI=1S/C11H13BrN4O2S/c1-2-10-14-6-11(15-10)19(17,18)16-7-3-4-9(13)8(12)5-7/h3-6,16H,2,13H2,1H3,(H,14,15). The first-order chi connectivity index (χ1) is 8.92. The summed E-state index contributed by atoms with van der Waals surface area (Å²) in [6.07, 6.45) is 1.94. The first-order valence-electron chi connectivity index (χ1n) is 5.54. The lowest BCUT2D eigenvalue weighted by Crippen LogP contribution is -2.13. The molecule has 0 saturated heterocycles. The van der Waals surface area contributed by atoms with Crippen LogP contribution in [0, 0.1) is 0 Å². The number of H-pyrrole nitrogens is 1. The maximum absolute atomic E-state index is 12.1. The van der Waals surface area contributed by atoms with Gasteiger partial charge in [0.25, 0.3) is 10.0 Å². The Morgan fingerprint density at radius 1 is 1.47 bits per heavy atom. The Morgan fingerprint density at radius 3 is 2.79 bits per heavy atom. The Labute approximate surface area is 119 Å². The fraction of sp³-hybridized carbons (Fsp3) is 0.182. The van der Waals surface area contributed by atoms with Gasteiger partial charge in [-0.05, 0) is 34.1 Å². The zero-order valence-electron chi connectivity index (χ0n) is 10.1. The first kappa shape index (κ1) is 13.9. The van der Waals surface area contributed by atoms with Crippen molar-refractivity contribution in [3.63, 3.8) is 0 Å². The van der Waals surface area contributed by atoms with Gasteiger partial charge in [0, 0.05) is 16.6 Å². The molecule has 2 aromatic rings. The first-order valence-corrected chi connectivity index (χ1v) is 7.81. The quantitative estimate of drug-likeness (QED) is 0.739. The van der Waals surface area contributed by atoms with Crippen molar-refractivity contribution in [1.29, 1.82) is 0 Å². The molecule has 0 bridgehead atoms. The molecule has 2 rings (SSSR count). The Bertz CT molecular complexity index is 696. The van der Waals surface area contributed by atoms with Crippen LogP contribution in [0.1, 0.15) is 12.7 Å². The molecule has 0 spiro atoms. The van der Waals surface area contributed by atoms with E-state index in [4.69, 9.17) is 5.73 Å². The molecule has 0 aliphatic rings. The van der Waals surface area contributed by atoms with E-state index in [0.717, 1.165) is 0 Å². The fourth-order valence-corrected chi connectivity index (χ4v) is 2.83. The molecule has 1 aromatic carbocycles. The van der Waals surface area contributed by atoms with Gasteiger partial charge in [0.05, 0.1) is 11.9 Å². The van der Waals surface area contributed by atoms with Crippen LogP contribution >= 0.6 is 15.9 Å². The highest BCUT2D eigenvalue weighted by atomic mass is 79.9. The van der Waals surface area contributed by atoms with E-state index >= 15 is 0 Å². The van der Waals surface area contributed by atoms with Crippen LogP contribution in [0.2, 0.25) is 0 Å². The fourth-order valence-electron chi connectivity index (χ4n) is 1.46. The summed E-state index contributed by atoms with van der Waals surface area (Å²) < 4.78 is 27.3. The van der Waals surface area contributed by atoms with E-state index in [1.54, 1.807) is 18.2 Å². The molecule has 0 atom stereocenters. The number of sulfonamides is 1. The lowest BCUT2D eigenvalue weighted by atomic mass is 10.3. The molecular formula is C11H13BrN4O2S. The van der Waals surface area contributed by atoms with Crippen molar-refractivity contribution in [3.8, 4) is 0 Å². The van der Waals surface area contributed by atoms with E-state index < -0.39 is 10.0 Å². The molecule has 0 fully saturated rings. The molecule has 1 aromatic heterocycles. The highest BCUT2D eigenvalue weighted by Crippen LogP contribution is 2.24. The van der Waals surface area contributed by atoms with Crippen LogP contribution in [0.15, 0.2) is 33.9 Å². The van der Waals surface area contributed by atoms with E-state index in [-0.39, 0.29) is 5.03 Å². The highest BCUT2D eigenvalue weighted by Gasteiger charge is 2.17. The third-order valence-electron chi connectivity index (χ3n) is 2.48. The van der Waals surface area contributed by atoms with Crippen LogP contribution < -0.4 is 10.5 Å². The summed E-state index contributed by atoms with van der Waals surface area (Å²) in [5, 5.41) is 0.0392. The topological polar surface area (TPSA) is 101 Å². The minimum absolute atomic E-state index is 0.0392. The smallest absolute Gasteiger partial charge is 0.278 e. The van der Waals surface area contributed by atoms with Gasteiger partial charge in [0.2, 0.25) is 0 Å². The normalized spacial score (nSPS) is 11.5. The number of imidazole rings is 1. The molecule has 4 N–H and O–H groups in total. The maximum Gasteiger partial charge on any atom is 0.278 e. The van der Waals surface area contributed by atoms with Crippen molar-refractivity contribution < 1.29 is 8.42 Å². The van der Waals surface area contributed by atoms with Crippen LogP contribution in [-0.4, -0.2) is 18.4 Å². The highest BCUT2D eigenvalue weighted by molar-refractivity contribution is 9.10. The molecule has 1 heterocycles. The van der Waals surface area contributed by atoms with Crippen molar-refractivity contribution in [2.45, 2.75) is 18.4 Å². The molecule has 0 aliphatic carbocycles. The lowest BCUT2D eigenvalue weighted by molar-refractivity contribution is 0.598. The summed E-state index contributed by atoms with van der Waals surface area (Å²) in [5.41, 5.74) is 6.61. The molecule has 0 unspecified atom stereocenters. The number of nitrogens with two attached hydrogens (primary N) is 1. The van der Waals surface area contributed by atoms with Crippen molar-refractivity contribution in [3.05, 3.63) is 34.7 Å². The molecule has 0 aliphatic heterocycles. The minimum atomic E-state index is -3.66. The summed E-state index contributed by atoms with van der Waals surface area (Å²) in [5.74, 6) is 0.624. The van der Waals surface area contributed by atoms with Gasteiger partial charge in [-0.25, -0.2) is 4.98 Å². The van der Waals surface area contributed by atoms with E-state index in [1.165, 1.54) is 6.20 Å². The van der Waals surface area contributed by atoms with Gasteiger partial charge in [-0.15, -0.1) is 0 Å². The van der Waals surface area contributed by atoms with Gasteiger partial charge in [0.15, 0.2) is 5.03 Å². The molecule has 8 heteroatoms. The number of hydrogen-bond donors (Lipinski definition) is 3. The van der Waals surface area contributed by atoms with Gasteiger partial charge >= 0.3 is 0 Å². The lowest BCUT2D eigenvalue weighted by Gasteiger charge is -2.07. The SMILES string of the molecule is CCc1ncc(S(=O)(=O)Nc2ccc(N)c(Br)c2)[nH]1. The number of rotatable bonds is 4. The van der Waals surface area contributed by atoms with E-state index in [9.17, 15) is 8.42 Å². The largest absolute Gasteiger partial charge is 0.398 e. The Balaban J connectivity index is 2.28. The zero-order valence-corrected chi connectivity index (χ0v) is 12.5. The second kappa shape index (κ2) is 5.22. The number of aromatic amines is 1. The Hall–Kier alpha value is -1.54. The molecule has 102 valence electrons. The summed E-state index contributed by atoms with van der Waals surface area (Å²) in [4.78, 5) is 6.72. The number of nitrogens with one attached hydrogen (secondary N) is 2. The monoisotopic (exact) mass is 344 g/mol. The average molecular weight is 345 g/mol. The summed E-state index contributed by atoms with van der Waals surface area (Å²) >= 11 is 3.25. The third-order valence-corrected chi connectivity index (χ3v) is 4.46. The number of aryl methyl sites for hydroxylation is 1. The molecule has 6 nitrogen and oxygen atoms in total. The summed E-state index contributed by atoms with van der Waals surface area (Å²) in [7, 11) is -3.66. The minimum Gasteiger partial charge on any atom is -0.398 e. The third kappa shape index (κ3) is 3.07. The maximum atomic E-state index is 12.1. The van der Waals surface area contributed by atoms with Crippen molar-refractivity contribution >= 4 is 37.3 Å². The summed E-state index contributed by atoms with van der Waals surface area (Å²) in [6.45, 7) is 1.89. The summed E-state index contributed by atoms with van der Waals surface area (Å²) in [6, 6.07) is 4.81. The molecular weight excluding hydrogens is 332 g/mol. The number of benzene rings is 1. The van der Waals surface area contributed by atoms with Crippen molar-refractivity contribution in [2.75, 3.05) is 10.5 Å². The number of nitrogens with zero attached hydrogens (tertiary/aromatic N) is 1. The number of aromatic nitrogens is 2. The Morgan fingerprint density at radius 2 is 2.21 bits per heavy atom. The van der Waals surface area contributed by atoms with Gasteiger partial charge < -0.3 is 10.7 Å². The average Bonchev–Trinajstić information content (AvgIpc) is 2.83. The van der Waals surface area contributed by atoms with Gasteiger partial charge in [-0.3, -0.25) is 4.72 Å². The second-order valence-electron chi connectivity index (χ2n) is 3.89. The number of nitrogen functional groups attached to an aromatic ring is 1. The predicted octanol–water partition coefficient (Wildman–Crippen LogP) is 2.12. The van der Waals surface area contributed by atoms with E-state index in [2.05, 4.69) is 30.6 Å². The number of anilines is 2. The molecule has 0 amide bonds. The van der Waals surface area contributed by atoms with Gasteiger partial charge in [-0.2, -0.15) is 8.42 Å². The number of halogens is 1. The van der Waals surface area contributed by atoms with Crippen LogP contribution in [-0.2, 0) is 16.4 Å². The van der Waals surface area contributed by atoms with Gasteiger partial charge in [-0.1, -0.05) is 6.92 Å². The van der Waals surface area contributed by atoms with E-state index in [1.807, 2.05) is 6.92 Å². The molecule has 19 heavy (non-hydrogen) atoms. The van der Waals surface area contributed by atoms with Crippen LogP contribution in [0.4, 0.5) is 11.4 Å². The van der Waals surface area contributed by atoms with Gasteiger partial charge in [0.1, 0.15) is 5.82 Å². The Kier molecular flexibility index (Phi) is 3.81. The van der Waals surface area contributed by atoms with Crippen LogP contribution in [0.25, 0.3) is 0 Å². The zero-order chi connectivity index (χ0) is 14.0. The molecule has 0 radical (unpaired) electrons. The van der Waals surface area contributed by atoms with Crippen LogP contribution in [0.5, 0.6) is 0 Å². The predicted molar refractivity (Wildman–Crippen MR) is 77.3 cm³/mol. The van der Waals surface area contributed by atoms with Crippen molar-refractivity contribution in [1.82, 2.24) is 9.97 Å². The van der Waals surface area contributed by atoms with Crippen molar-refractivity contribution in [2.24, 2.45) is 0 Å². The van der Waals surface area contributed by atoms with E-state index in [0.29, 0.717) is 28.1 Å². The van der Waals surface area contributed by atoms with Crippen LogP contribution in [0.3, 0.4) is 0 Å². The second-order valence-corrected chi connectivity index (χ2v) is 6.39. The molecule has 0 saturated carbocycles. The number of hydrogen-bond acceptors (Lipinski definition) is 4.